The maximum atomic E-state index is 14.1. The van der Waals surface area contributed by atoms with E-state index in [1.165, 1.54) is 36.0 Å². The number of amides is 1. The second-order valence-electron chi connectivity index (χ2n) is 15.8. The number of aliphatic hydroxyl groups excluding tert-OH is 2. The van der Waals surface area contributed by atoms with Gasteiger partial charge in [0.05, 0.1) is 28.9 Å². The van der Waals surface area contributed by atoms with E-state index >= 15 is 0 Å². The molecule has 66 heavy (non-hydrogen) atoms. The molecule has 20 heteroatoms. The van der Waals surface area contributed by atoms with Gasteiger partial charge in [-0.05, 0) is 122 Å². The number of benzene rings is 5. The number of hydrogen-bond donors (Lipinski definition) is 4. The lowest BCUT2D eigenvalue weighted by Crippen LogP contribution is -2.36. The van der Waals surface area contributed by atoms with Gasteiger partial charge in [-0.1, -0.05) is 54.6 Å². The first-order chi connectivity index (χ1) is 31.2. The number of anilines is 2. The number of carbonyl (C=O) groups is 1. The molecule has 0 unspecified atom stereocenters. The predicted molar refractivity (Wildman–Crippen MR) is 241 cm³/mol. The number of hydrogen-bond acceptors (Lipinski definition) is 11. The Balaban J connectivity index is 1.13. The van der Waals surface area contributed by atoms with E-state index in [1.807, 2.05) is 40.0 Å². The number of alkyl halides is 6. The molecule has 1 aliphatic heterocycles. The summed E-state index contributed by atoms with van der Waals surface area (Å²) in [5.74, 6) is -1.03. The van der Waals surface area contributed by atoms with Crippen molar-refractivity contribution in [3.63, 3.8) is 0 Å². The summed E-state index contributed by atoms with van der Waals surface area (Å²) < 4.78 is 137. The monoisotopic (exact) mass is 978 g/mol. The van der Waals surface area contributed by atoms with Gasteiger partial charge < -0.3 is 25.3 Å². The molecule has 0 bridgehead atoms. The average molecular weight is 979 g/mol. The van der Waals surface area contributed by atoms with Gasteiger partial charge in [-0.3, -0.25) is 4.79 Å². The molecule has 6 rings (SSSR count). The fourth-order valence-electron chi connectivity index (χ4n) is 7.57. The van der Waals surface area contributed by atoms with Crippen LogP contribution in [0.3, 0.4) is 0 Å². The smallest absolute Gasteiger partial charge is 0.395 e. The quantitative estimate of drug-likeness (QED) is 0.0493. The van der Waals surface area contributed by atoms with Crippen LogP contribution in [0.25, 0.3) is 11.1 Å². The Morgan fingerprint density at radius 1 is 0.833 bits per heavy atom. The van der Waals surface area contributed by atoms with Gasteiger partial charge in [0, 0.05) is 47.6 Å². The number of likely N-dealkylation sites (N-methyl/N-ethyl adjacent to an activating group) is 1. The van der Waals surface area contributed by atoms with Gasteiger partial charge in [0.25, 0.3) is 25.8 Å². The number of aliphatic hydroxyl groups is 2. The Morgan fingerprint density at radius 2 is 1.47 bits per heavy atom. The van der Waals surface area contributed by atoms with Crippen molar-refractivity contribution >= 4 is 48.9 Å². The predicted octanol–water partition coefficient (Wildman–Crippen LogP) is 8.62. The molecule has 11 nitrogen and oxygen atoms in total. The van der Waals surface area contributed by atoms with Crippen LogP contribution in [0, 0.1) is 5.92 Å². The number of sulfonamides is 1. The molecule has 354 valence electrons. The molecule has 0 saturated carbocycles. The van der Waals surface area contributed by atoms with Gasteiger partial charge >= 0.3 is 11.7 Å². The average Bonchev–Trinajstić information content (AvgIpc) is 3.29. The Labute approximate surface area is 383 Å². The summed E-state index contributed by atoms with van der Waals surface area (Å²) in [7, 11) is -9.31. The summed E-state index contributed by atoms with van der Waals surface area (Å²) in [6.45, 7) is 1.55. The SMILES string of the molecule is CN(CCO)CC[C@H](CSc1ccccc1)Nc1ccc(S(=O)(=O)NC(=O)c2ccc(N3CCC([C@H](O)c4ccccc4-c4ccc(C(F)(F)F)cc4)CC3)cc2)cc1S(=O)(=O)C(F)(F)F. The molecular weight excluding hydrogens is 931 g/mol. The Bertz CT molecular complexity index is 2650. The van der Waals surface area contributed by atoms with Crippen LogP contribution in [0.4, 0.5) is 37.7 Å². The lowest BCUT2D eigenvalue weighted by molar-refractivity contribution is -0.137. The molecule has 0 aliphatic carbocycles. The zero-order valence-electron chi connectivity index (χ0n) is 35.5. The van der Waals surface area contributed by atoms with Crippen molar-refractivity contribution in [2.75, 3.05) is 55.8 Å². The summed E-state index contributed by atoms with van der Waals surface area (Å²) >= 11 is 1.37. The first-order valence-electron chi connectivity index (χ1n) is 20.7. The zero-order valence-corrected chi connectivity index (χ0v) is 37.9. The lowest BCUT2D eigenvalue weighted by Gasteiger charge is -2.36. The van der Waals surface area contributed by atoms with Crippen LogP contribution in [0.1, 0.15) is 46.9 Å². The second kappa shape index (κ2) is 21.2. The molecule has 0 spiro atoms. The summed E-state index contributed by atoms with van der Waals surface area (Å²) in [6.07, 6.45) is -4.00. The number of nitrogens with zero attached hydrogens (tertiary/aromatic N) is 2. The van der Waals surface area contributed by atoms with Crippen LogP contribution >= 0.6 is 11.8 Å². The number of halogens is 6. The third kappa shape index (κ3) is 12.4. The van der Waals surface area contributed by atoms with Crippen molar-refractivity contribution < 1.29 is 58.2 Å². The van der Waals surface area contributed by atoms with Gasteiger partial charge in [-0.15, -0.1) is 11.8 Å². The molecule has 1 heterocycles. The summed E-state index contributed by atoms with van der Waals surface area (Å²) in [5, 5.41) is 23.7. The molecule has 0 aromatic heterocycles. The molecule has 1 amide bonds. The highest BCUT2D eigenvalue weighted by Crippen LogP contribution is 2.39. The standard InChI is InChI=1S/C46H48F6N4O7S3/c1-55(27-28-57)24-23-35(30-64-37-7-3-2-4-8-37)53-41-20-19-38(29-42(41)65(60,61)46(50,51)52)66(62,63)54-44(59)33-13-17-36(18-14-33)56-25-21-32(22-26-56)43(58)40-10-6-5-9-39(40)31-11-15-34(16-12-31)45(47,48)49/h2-20,29,32,35,43,53,57-58H,21-28,30H2,1H3,(H,54,59)/t35-,43+/m1/s1. The van der Waals surface area contributed by atoms with Crippen molar-refractivity contribution in [1.82, 2.24) is 9.62 Å². The molecular formula is C46H48F6N4O7S3. The van der Waals surface area contributed by atoms with E-state index in [0.29, 0.717) is 73.9 Å². The zero-order chi connectivity index (χ0) is 47.9. The number of rotatable bonds is 18. The van der Waals surface area contributed by atoms with Crippen LogP contribution < -0.4 is 14.9 Å². The highest BCUT2D eigenvalue weighted by atomic mass is 32.2. The Morgan fingerprint density at radius 3 is 2.09 bits per heavy atom. The van der Waals surface area contributed by atoms with Gasteiger partial charge in [0.1, 0.15) is 4.90 Å². The number of thioether (sulfide) groups is 1. The summed E-state index contributed by atoms with van der Waals surface area (Å²) in [6, 6.07) is 28.3. The number of carbonyl (C=O) groups excluding carboxylic acids is 1. The van der Waals surface area contributed by atoms with Gasteiger partial charge in [-0.25, -0.2) is 21.6 Å². The van der Waals surface area contributed by atoms with Crippen LogP contribution in [0.15, 0.2) is 136 Å². The van der Waals surface area contributed by atoms with E-state index in [0.717, 1.165) is 29.2 Å². The molecule has 5 aromatic carbocycles. The maximum Gasteiger partial charge on any atom is 0.501 e. The molecule has 2 atom stereocenters. The third-order valence-electron chi connectivity index (χ3n) is 11.3. The summed E-state index contributed by atoms with van der Waals surface area (Å²) in [5.41, 5.74) is -4.76. The molecule has 1 saturated heterocycles. The van der Waals surface area contributed by atoms with Crippen LogP contribution in [-0.2, 0) is 26.0 Å². The molecule has 1 aliphatic rings. The van der Waals surface area contributed by atoms with Gasteiger partial charge in [-0.2, -0.15) is 26.3 Å². The third-order valence-corrected chi connectivity index (χ3v) is 15.3. The van der Waals surface area contributed by atoms with E-state index in [-0.39, 0.29) is 23.8 Å². The van der Waals surface area contributed by atoms with E-state index in [9.17, 15) is 58.2 Å². The van der Waals surface area contributed by atoms with Crippen LogP contribution in [-0.4, -0.2) is 95.0 Å². The molecule has 0 radical (unpaired) electrons. The minimum absolute atomic E-state index is 0.112. The molecule has 5 aromatic rings. The van der Waals surface area contributed by atoms with Crippen molar-refractivity contribution in [2.45, 2.75) is 57.8 Å². The second-order valence-corrected chi connectivity index (χ2v) is 20.5. The van der Waals surface area contributed by atoms with Crippen LogP contribution in [0.2, 0.25) is 0 Å². The van der Waals surface area contributed by atoms with Gasteiger partial charge in [0.15, 0.2) is 0 Å². The fraction of sp³-hybridized carbons (Fsp3) is 0.326. The topological polar surface area (TPSA) is 156 Å². The normalized spacial score (nSPS) is 15.1. The first kappa shape index (κ1) is 50.3. The molecule has 1 fully saturated rings. The number of piperidine rings is 1. The van der Waals surface area contributed by atoms with Crippen molar-refractivity contribution in [3.8, 4) is 11.1 Å². The van der Waals surface area contributed by atoms with E-state index in [2.05, 4.69) is 5.32 Å². The maximum absolute atomic E-state index is 14.1. The van der Waals surface area contributed by atoms with Crippen molar-refractivity contribution in [2.24, 2.45) is 5.92 Å². The summed E-state index contributed by atoms with van der Waals surface area (Å²) in [4.78, 5) is 15.7. The Kier molecular flexibility index (Phi) is 16.2. The van der Waals surface area contributed by atoms with Crippen molar-refractivity contribution in [1.29, 1.82) is 0 Å². The van der Waals surface area contributed by atoms with Crippen LogP contribution in [0.5, 0.6) is 0 Å². The lowest BCUT2D eigenvalue weighted by atomic mass is 9.84. The Hall–Kier alpha value is -5.12. The fourth-order valence-corrected chi connectivity index (χ4v) is 10.6. The number of sulfone groups is 1. The van der Waals surface area contributed by atoms with E-state index in [4.69, 9.17) is 0 Å². The largest absolute Gasteiger partial charge is 0.501 e. The highest BCUT2D eigenvalue weighted by molar-refractivity contribution is 7.99. The molecule has 4 N–H and O–H groups in total. The van der Waals surface area contributed by atoms with Gasteiger partial charge in [0.2, 0.25) is 0 Å². The highest BCUT2D eigenvalue weighted by Gasteiger charge is 2.48. The van der Waals surface area contributed by atoms with Crippen molar-refractivity contribution in [3.05, 3.63) is 138 Å². The van der Waals surface area contributed by atoms with E-state index < -0.39 is 70.6 Å². The van der Waals surface area contributed by atoms with E-state index in [1.54, 1.807) is 48.3 Å². The number of nitrogens with one attached hydrogen (secondary N) is 2. The first-order valence-corrected chi connectivity index (χ1v) is 24.7. The minimum atomic E-state index is -6.12. The minimum Gasteiger partial charge on any atom is -0.395 e.